The molecule has 0 unspecified atom stereocenters. The summed E-state index contributed by atoms with van der Waals surface area (Å²) in [6.45, 7) is 4.36. The van der Waals surface area contributed by atoms with Gasteiger partial charge >= 0.3 is 0 Å². The number of carbonyl (C=O) groups is 2. The van der Waals surface area contributed by atoms with Crippen molar-refractivity contribution in [3.8, 4) is 0 Å². The minimum Gasteiger partial charge on any atom is -0.342 e. The molecule has 2 aromatic carbocycles. The van der Waals surface area contributed by atoms with Crippen molar-refractivity contribution in [3.05, 3.63) is 68.4 Å². The van der Waals surface area contributed by atoms with Gasteiger partial charge in [-0.05, 0) is 56.3 Å². The van der Waals surface area contributed by atoms with Crippen LogP contribution in [0.1, 0.15) is 36.1 Å². The van der Waals surface area contributed by atoms with Crippen LogP contribution in [-0.4, -0.2) is 32.3 Å². The van der Waals surface area contributed by atoms with Gasteiger partial charge in [-0.3, -0.25) is 9.59 Å². The van der Waals surface area contributed by atoms with Crippen LogP contribution in [0.15, 0.2) is 52.1 Å². The third-order valence-corrected chi connectivity index (χ3v) is 6.67. The van der Waals surface area contributed by atoms with Gasteiger partial charge in [0.05, 0.1) is 21.8 Å². The first kappa shape index (κ1) is 24.6. The number of anilines is 1. The van der Waals surface area contributed by atoms with Gasteiger partial charge in [0.15, 0.2) is 11.0 Å². The Kier molecular flexibility index (Phi) is 8.58. The highest BCUT2D eigenvalue weighted by molar-refractivity contribution is 9.10. The molecule has 3 rings (SSSR count). The summed E-state index contributed by atoms with van der Waals surface area (Å²) in [4.78, 5) is 24.9. The SMILES string of the molecule is CCn1c(SCC(=O)Nc2ccc(Br)cc2)nnc1[C@@H](C)NC(=O)c1ccc(Cl)c(Cl)c1. The Labute approximate surface area is 208 Å². The van der Waals surface area contributed by atoms with Gasteiger partial charge in [0.2, 0.25) is 5.91 Å². The van der Waals surface area contributed by atoms with Gasteiger partial charge in [-0.1, -0.05) is 50.9 Å². The van der Waals surface area contributed by atoms with Crippen molar-refractivity contribution in [3.63, 3.8) is 0 Å². The average molecular weight is 557 g/mol. The van der Waals surface area contributed by atoms with Crippen molar-refractivity contribution >= 4 is 68.4 Å². The highest BCUT2D eigenvalue weighted by Gasteiger charge is 2.20. The summed E-state index contributed by atoms with van der Waals surface area (Å²) in [5.74, 6) is 0.324. The number of amides is 2. The molecule has 1 heterocycles. The molecule has 0 aliphatic heterocycles. The molecule has 0 fully saturated rings. The molecule has 11 heteroatoms. The van der Waals surface area contributed by atoms with E-state index >= 15 is 0 Å². The van der Waals surface area contributed by atoms with Gasteiger partial charge in [-0.15, -0.1) is 10.2 Å². The highest BCUT2D eigenvalue weighted by Crippen LogP contribution is 2.24. The molecule has 32 heavy (non-hydrogen) atoms. The lowest BCUT2D eigenvalue weighted by atomic mass is 10.2. The summed E-state index contributed by atoms with van der Waals surface area (Å²) >= 11 is 16.6. The number of carbonyl (C=O) groups excluding carboxylic acids is 2. The predicted octanol–water partition coefficient (Wildman–Crippen LogP) is 5.59. The van der Waals surface area contributed by atoms with Crippen LogP contribution in [0.5, 0.6) is 0 Å². The summed E-state index contributed by atoms with van der Waals surface area (Å²) in [5, 5.41) is 15.5. The number of nitrogens with zero attached hydrogens (tertiary/aromatic N) is 3. The highest BCUT2D eigenvalue weighted by atomic mass is 79.9. The number of thioether (sulfide) groups is 1. The fraction of sp³-hybridized carbons (Fsp3) is 0.238. The van der Waals surface area contributed by atoms with Crippen molar-refractivity contribution < 1.29 is 9.59 Å². The number of nitrogens with one attached hydrogen (secondary N) is 2. The smallest absolute Gasteiger partial charge is 0.251 e. The van der Waals surface area contributed by atoms with Crippen LogP contribution in [0.4, 0.5) is 5.69 Å². The van der Waals surface area contributed by atoms with Gasteiger partial charge in [0.25, 0.3) is 5.91 Å². The first-order valence-electron chi connectivity index (χ1n) is 9.65. The second kappa shape index (κ2) is 11.2. The van der Waals surface area contributed by atoms with E-state index in [1.165, 1.54) is 17.8 Å². The van der Waals surface area contributed by atoms with E-state index in [0.29, 0.717) is 33.1 Å². The fourth-order valence-corrected chi connectivity index (χ4v) is 4.24. The number of hydrogen-bond acceptors (Lipinski definition) is 5. The van der Waals surface area contributed by atoms with E-state index in [0.717, 1.165) is 10.2 Å². The summed E-state index contributed by atoms with van der Waals surface area (Å²) in [7, 11) is 0. The average Bonchev–Trinajstić information content (AvgIpc) is 3.19. The van der Waals surface area contributed by atoms with Gasteiger partial charge < -0.3 is 15.2 Å². The summed E-state index contributed by atoms with van der Waals surface area (Å²) in [5.41, 5.74) is 1.11. The number of benzene rings is 2. The van der Waals surface area contributed by atoms with E-state index in [1.54, 1.807) is 12.1 Å². The van der Waals surface area contributed by atoms with Crippen LogP contribution in [0.3, 0.4) is 0 Å². The zero-order chi connectivity index (χ0) is 23.3. The van der Waals surface area contributed by atoms with Gasteiger partial charge in [0, 0.05) is 22.3 Å². The van der Waals surface area contributed by atoms with Crippen molar-refractivity contribution in [1.82, 2.24) is 20.1 Å². The molecule has 0 aliphatic rings. The molecule has 0 saturated heterocycles. The molecule has 168 valence electrons. The monoisotopic (exact) mass is 555 g/mol. The minimum absolute atomic E-state index is 0.148. The minimum atomic E-state index is -0.407. The van der Waals surface area contributed by atoms with Crippen molar-refractivity contribution in [2.24, 2.45) is 0 Å². The molecule has 0 bridgehead atoms. The van der Waals surface area contributed by atoms with Gasteiger partial charge in [-0.25, -0.2) is 0 Å². The maximum Gasteiger partial charge on any atom is 0.251 e. The lowest BCUT2D eigenvalue weighted by molar-refractivity contribution is -0.113. The normalized spacial score (nSPS) is 11.8. The van der Waals surface area contributed by atoms with Crippen molar-refractivity contribution in [2.45, 2.75) is 31.6 Å². The third-order valence-electron chi connectivity index (χ3n) is 4.44. The summed E-state index contributed by atoms with van der Waals surface area (Å²) in [6.07, 6.45) is 0. The van der Waals surface area contributed by atoms with E-state index in [2.05, 4.69) is 36.8 Å². The zero-order valence-corrected chi connectivity index (χ0v) is 21.1. The maximum absolute atomic E-state index is 12.6. The molecule has 2 amide bonds. The number of halogens is 3. The number of aromatic nitrogens is 3. The molecule has 0 radical (unpaired) electrons. The second-order valence-corrected chi connectivity index (χ2v) is 9.43. The summed E-state index contributed by atoms with van der Waals surface area (Å²) < 4.78 is 2.81. The fourth-order valence-electron chi connectivity index (χ4n) is 2.87. The van der Waals surface area contributed by atoms with Crippen LogP contribution in [-0.2, 0) is 11.3 Å². The largest absolute Gasteiger partial charge is 0.342 e. The molecular weight excluding hydrogens is 537 g/mol. The van der Waals surface area contributed by atoms with E-state index in [-0.39, 0.29) is 17.6 Å². The first-order chi connectivity index (χ1) is 15.3. The first-order valence-corrected chi connectivity index (χ1v) is 12.2. The maximum atomic E-state index is 12.6. The Morgan fingerprint density at radius 3 is 2.50 bits per heavy atom. The van der Waals surface area contributed by atoms with E-state index in [4.69, 9.17) is 23.2 Å². The molecule has 2 N–H and O–H groups in total. The van der Waals surface area contributed by atoms with E-state index in [1.807, 2.05) is 42.7 Å². The van der Waals surface area contributed by atoms with E-state index < -0.39 is 6.04 Å². The van der Waals surface area contributed by atoms with Crippen LogP contribution in [0.2, 0.25) is 10.0 Å². The Morgan fingerprint density at radius 1 is 1.12 bits per heavy atom. The Hall–Kier alpha value is -2.07. The van der Waals surface area contributed by atoms with Crippen LogP contribution in [0.25, 0.3) is 0 Å². The van der Waals surface area contributed by atoms with Crippen molar-refractivity contribution in [1.29, 1.82) is 0 Å². The molecule has 0 spiro atoms. The quantitative estimate of drug-likeness (QED) is 0.353. The predicted molar refractivity (Wildman–Crippen MR) is 132 cm³/mol. The van der Waals surface area contributed by atoms with E-state index in [9.17, 15) is 9.59 Å². The standard InChI is InChI=1S/C21H20BrCl2N5O2S/c1-3-29-19(12(2)25-20(31)13-4-9-16(23)17(24)10-13)27-28-21(29)32-11-18(30)26-15-7-5-14(22)6-8-15/h4-10,12H,3,11H2,1-2H3,(H,25,31)(H,26,30)/t12-/m1/s1. The molecule has 0 saturated carbocycles. The number of rotatable bonds is 8. The molecule has 1 aromatic heterocycles. The molecule has 7 nitrogen and oxygen atoms in total. The van der Waals surface area contributed by atoms with Crippen LogP contribution >= 0.6 is 50.9 Å². The topological polar surface area (TPSA) is 88.9 Å². The lowest BCUT2D eigenvalue weighted by Gasteiger charge is -2.15. The van der Waals surface area contributed by atoms with Gasteiger partial charge in [-0.2, -0.15) is 0 Å². The summed E-state index contributed by atoms with van der Waals surface area (Å²) in [6, 6.07) is 11.6. The Balaban J connectivity index is 1.62. The molecule has 1 atom stereocenters. The molecule has 3 aromatic rings. The van der Waals surface area contributed by atoms with Gasteiger partial charge in [0.1, 0.15) is 0 Å². The van der Waals surface area contributed by atoms with Crippen molar-refractivity contribution in [2.75, 3.05) is 11.1 Å². The van der Waals surface area contributed by atoms with Crippen LogP contribution < -0.4 is 10.6 Å². The lowest BCUT2D eigenvalue weighted by Crippen LogP contribution is -2.28. The molecule has 0 aliphatic carbocycles. The number of hydrogen-bond donors (Lipinski definition) is 2. The zero-order valence-electron chi connectivity index (χ0n) is 17.2. The Morgan fingerprint density at radius 2 is 1.84 bits per heavy atom. The second-order valence-electron chi connectivity index (χ2n) is 6.75. The Bertz CT molecular complexity index is 1120. The van der Waals surface area contributed by atoms with Crippen LogP contribution in [0, 0.1) is 0 Å². The molecular formula is C21H20BrCl2N5O2S. The third kappa shape index (κ3) is 6.25.